The van der Waals surface area contributed by atoms with Gasteiger partial charge in [0.05, 0.1) is 4.90 Å². The van der Waals surface area contributed by atoms with E-state index in [2.05, 4.69) is 21.1 Å². The zero-order valence-corrected chi connectivity index (χ0v) is 17.2. The summed E-state index contributed by atoms with van der Waals surface area (Å²) in [5.41, 5.74) is 1.37. The molecule has 0 bridgehead atoms. The van der Waals surface area contributed by atoms with E-state index in [4.69, 9.17) is 0 Å². The molecule has 0 spiro atoms. The molecule has 10 heteroatoms. The fraction of sp³-hybridized carbons (Fsp3) is 0.474. The third-order valence-corrected chi connectivity index (χ3v) is 8.41. The van der Waals surface area contributed by atoms with Crippen LogP contribution < -0.4 is 4.74 Å². The van der Waals surface area contributed by atoms with Crippen LogP contribution in [0.4, 0.5) is 13.2 Å². The van der Waals surface area contributed by atoms with Gasteiger partial charge in [0.15, 0.2) is 0 Å². The second-order valence-corrected chi connectivity index (χ2v) is 10.2. The first-order chi connectivity index (χ1) is 13.7. The Morgan fingerprint density at radius 1 is 1.03 bits per heavy atom. The van der Waals surface area contributed by atoms with Gasteiger partial charge in [-0.1, -0.05) is 0 Å². The molecule has 2 aromatic rings. The van der Waals surface area contributed by atoms with E-state index in [1.807, 2.05) is 0 Å². The molecular weight excluding hydrogens is 425 g/mol. The van der Waals surface area contributed by atoms with E-state index >= 15 is 0 Å². The van der Waals surface area contributed by atoms with Crippen LogP contribution in [0.25, 0.3) is 0 Å². The first-order valence-electron chi connectivity index (χ1n) is 9.38. The second kappa shape index (κ2) is 7.90. The van der Waals surface area contributed by atoms with E-state index in [1.165, 1.54) is 14.7 Å². The first-order valence-corrected chi connectivity index (χ1v) is 11.7. The highest BCUT2D eigenvalue weighted by Gasteiger charge is 2.34. The molecular formula is C19H21F3N2O3S2. The minimum absolute atomic E-state index is 0.0219. The van der Waals surface area contributed by atoms with Crippen molar-refractivity contribution < 1.29 is 26.3 Å². The van der Waals surface area contributed by atoms with Crippen LogP contribution in [0.5, 0.6) is 5.75 Å². The zero-order chi connectivity index (χ0) is 20.6. The number of halogens is 3. The molecule has 0 atom stereocenters. The van der Waals surface area contributed by atoms with Gasteiger partial charge in [0.25, 0.3) is 0 Å². The number of fused-ring (bicyclic) bond motifs is 1. The zero-order valence-electron chi connectivity index (χ0n) is 15.6. The lowest BCUT2D eigenvalue weighted by atomic mass is 10.0. The van der Waals surface area contributed by atoms with Gasteiger partial charge in [-0.25, -0.2) is 8.42 Å². The van der Waals surface area contributed by atoms with Gasteiger partial charge in [-0.2, -0.15) is 4.31 Å². The molecule has 0 saturated carbocycles. The van der Waals surface area contributed by atoms with E-state index in [0.29, 0.717) is 19.1 Å². The minimum Gasteiger partial charge on any atom is -0.406 e. The predicted molar refractivity (Wildman–Crippen MR) is 103 cm³/mol. The van der Waals surface area contributed by atoms with E-state index in [9.17, 15) is 21.6 Å². The summed E-state index contributed by atoms with van der Waals surface area (Å²) in [5.74, 6) is -0.437. The Hall–Kier alpha value is -1.62. The van der Waals surface area contributed by atoms with Gasteiger partial charge in [-0.05, 0) is 60.5 Å². The fourth-order valence-corrected chi connectivity index (χ4v) is 6.35. The van der Waals surface area contributed by atoms with Gasteiger partial charge in [0.1, 0.15) is 5.75 Å². The largest absolute Gasteiger partial charge is 0.573 e. The molecule has 4 rings (SSSR count). The Bertz CT molecular complexity index is 950. The average molecular weight is 447 g/mol. The molecule has 0 aliphatic carbocycles. The minimum atomic E-state index is -4.81. The number of hydrogen-bond acceptors (Lipinski definition) is 5. The smallest absolute Gasteiger partial charge is 0.406 e. The summed E-state index contributed by atoms with van der Waals surface area (Å²) in [6.07, 6.45) is -2.28. The highest BCUT2D eigenvalue weighted by atomic mass is 32.2. The number of alkyl halides is 3. The van der Waals surface area contributed by atoms with Gasteiger partial charge in [-0.15, -0.1) is 24.5 Å². The topological polar surface area (TPSA) is 49.9 Å². The van der Waals surface area contributed by atoms with Gasteiger partial charge in [0, 0.05) is 37.1 Å². The summed E-state index contributed by atoms with van der Waals surface area (Å²) < 4.78 is 67.7. The normalized spacial score (nSPS) is 19.8. The number of thiophene rings is 1. The van der Waals surface area contributed by atoms with Crippen LogP contribution in [-0.2, 0) is 23.0 Å². The summed E-state index contributed by atoms with van der Waals surface area (Å²) in [7, 11) is -3.74. The number of ether oxygens (including phenoxy) is 1. The monoisotopic (exact) mass is 446 g/mol. The van der Waals surface area contributed by atoms with Gasteiger partial charge in [0.2, 0.25) is 10.0 Å². The average Bonchev–Trinajstić information content (AvgIpc) is 3.15. The van der Waals surface area contributed by atoms with Crippen molar-refractivity contribution in [3.63, 3.8) is 0 Å². The van der Waals surface area contributed by atoms with Gasteiger partial charge < -0.3 is 4.74 Å². The molecule has 0 amide bonds. The van der Waals surface area contributed by atoms with E-state index in [-0.39, 0.29) is 4.90 Å². The third kappa shape index (κ3) is 4.60. The molecule has 0 unspecified atom stereocenters. The fourth-order valence-electron chi connectivity index (χ4n) is 3.99. The number of nitrogens with zero attached hydrogens (tertiary/aromatic N) is 2. The van der Waals surface area contributed by atoms with Crippen LogP contribution in [0.1, 0.15) is 23.3 Å². The lowest BCUT2D eigenvalue weighted by molar-refractivity contribution is -0.274. The van der Waals surface area contributed by atoms with Crippen molar-refractivity contribution in [1.29, 1.82) is 0 Å². The molecule has 1 saturated heterocycles. The van der Waals surface area contributed by atoms with E-state index in [0.717, 1.165) is 56.6 Å². The highest BCUT2D eigenvalue weighted by Crippen LogP contribution is 2.30. The summed E-state index contributed by atoms with van der Waals surface area (Å²) in [6.45, 7) is 2.71. The third-order valence-electron chi connectivity index (χ3n) is 5.47. The van der Waals surface area contributed by atoms with Crippen LogP contribution in [0.15, 0.2) is 40.6 Å². The van der Waals surface area contributed by atoms with E-state index < -0.39 is 22.1 Å². The number of piperidine rings is 1. The van der Waals surface area contributed by atoms with Crippen LogP contribution in [-0.4, -0.2) is 49.7 Å². The Balaban J connectivity index is 1.37. The maximum atomic E-state index is 12.8. The Morgan fingerprint density at radius 3 is 2.38 bits per heavy atom. The maximum absolute atomic E-state index is 12.8. The molecule has 29 heavy (non-hydrogen) atoms. The molecule has 1 aromatic heterocycles. The Labute approximate surface area is 171 Å². The van der Waals surface area contributed by atoms with Crippen LogP contribution in [0.3, 0.4) is 0 Å². The number of hydrogen-bond donors (Lipinski definition) is 0. The van der Waals surface area contributed by atoms with Crippen molar-refractivity contribution in [2.75, 3.05) is 19.6 Å². The summed E-state index contributed by atoms with van der Waals surface area (Å²) in [4.78, 5) is 3.85. The van der Waals surface area contributed by atoms with Crippen molar-refractivity contribution in [3.05, 3.63) is 46.2 Å². The SMILES string of the molecule is O=S(=O)(c1ccc(OC(F)(F)F)cc1)N1CCC(N2CCc3sccc3C2)CC1. The second-order valence-electron chi connectivity index (χ2n) is 7.24. The highest BCUT2D eigenvalue weighted by molar-refractivity contribution is 7.89. The Morgan fingerprint density at radius 2 is 1.72 bits per heavy atom. The standard InChI is InChI=1S/C19H21F3N2O3S2/c20-19(21,22)27-16-1-3-17(4-2-16)29(25,26)24-10-5-15(6-11-24)23-9-7-18-14(13-23)8-12-28-18/h1-4,8,12,15H,5-7,9-11,13H2. The summed E-state index contributed by atoms with van der Waals surface area (Å²) in [5, 5.41) is 2.12. The van der Waals surface area contributed by atoms with Crippen molar-refractivity contribution in [2.24, 2.45) is 0 Å². The molecule has 5 nitrogen and oxygen atoms in total. The predicted octanol–water partition coefficient (Wildman–Crippen LogP) is 3.86. The molecule has 1 aromatic carbocycles. The van der Waals surface area contributed by atoms with Gasteiger partial charge >= 0.3 is 6.36 Å². The molecule has 2 aliphatic rings. The first kappa shape index (κ1) is 20.6. The molecule has 0 radical (unpaired) electrons. The summed E-state index contributed by atoms with van der Waals surface area (Å²) >= 11 is 1.79. The molecule has 158 valence electrons. The lowest BCUT2D eigenvalue weighted by Crippen LogP contribution is -2.47. The van der Waals surface area contributed by atoms with Crippen molar-refractivity contribution in [3.8, 4) is 5.75 Å². The lowest BCUT2D eigenvalue weighted by Gasteiger charge is -2.39. The van der Waals surface area contributed by atoms with Crippen LogP contribution >= 0.6 is 11.3 Å². The molecule has 1 fully saturated rings. The van der Waals surface area contributed by atoms with Crippen LogP contribution in [0, 0.1) is 0 Å². The summed E-state index contributed by atoms with van der Waals surface area (Å²) in [6, 6.07) is 6.88. The van der Waals surface area contributed by atoms with Crippen molar-refractivity contribution in [2.45, 2.75) is 43.1 Å². The van der Waals surface area contributed by atoms with Crippen molar-refractivity contribution in [1.82, 2.24) is 9.21 Å². The van der Waals surface area contributed by atoms with Crippen LogP contribution in [0.2, 0.25) is 0 Å². The Kier molecular flexibility index (Phi) is 5.62. The van der Waals surface area contributed by atoms with Crippen molar-refractivity contribution >= 4 is 21.4 Å². The molecule has 3 heterocycles. The number of rotatable bonds is 4. The van der Waals surface area contributed by atoms with E-state index in [1.54, 1.807) is 11.3 Å². The number of sulfonamides is 1. The molecule has 0 N–H and O–H groups in total. The van der Waals surface area contributed by atoms with Gasteiger partial charge in [-0.3, -0.25) is 4.90 Å². The maximum Gasteiger partial charge on any atom is 0.573 e. The molecule has 2 aliphatic heterocycles. The number of benzene rings is 1. The quantitative estimate of drug-likeness (QED) is 0.716.